The summed E-state index contributed by atoms with van der Waals surface area (Å²) in [5.41, 5.74) is 0.772. The van der Waals surface area contributed by atoms with Crippen molar-refractivity contribution in [3.63, 3.8) is 0 Å². The van der Waals surface area contributed by atoms with Gasteiger partial charge >= 0.3 is 0 Å². The maximum absolute atomic E-state index is 13.9. The number of nitro groups is 1. The van der Waals surface area contributed by atoms with Crippen LogP contribution in [0.15, 0.2) is 48.7 Å². The van der Waals surface area contributed by atoms with Gasteiger partial charge in [-0.25, -0.2) is 4.90 Å². The number of hydrogen-bond donors (Lipinski definition) is 0. The molecule has 4 atom stereocenters. The molecule has 0 spiro atoms. The second-order valence-electron chi connectivity index (χ2n) is 10.1. The monoisotopic (exact) mass is 475 g/mol. The highest BCUT2D eigenvalue weighted by Gasteiger charge is 2.65. The van der Waals surface area contributed by atoms with Gasteiger partial charge in [-0.3, -0.25) is 24.5 Å². The number of benzene rings is 2. The molecule has 35 heavy (non-hydrogen) atoms. The molecule has 5 rings (SSSR count). The number of carbonyl (C=O) groups excluding carboxylic acids is 3. The first-order chi connectivity index (χ1) is 16.6. The van der Waals surface area contributed by atoms with E-state index in [1.54, 1.807) is 27.0 Å². The van der Waals surface area contributed by atoms with Gasteiger partial charge in [0.05, 0.1) is 29.9 Å². The number of anilines is 1. The maximum atomic E-state index is 13.9. The first-order valence-corrected chi connectivity index (χ1v) is 11.4. The van der Waals surface area contributed by atoms with Crippen LogP contribution < -0.4 is 9.64 Å². The van der Waals surface area contributed by atoms with E-state index >= 15 is 0 Å². The molecule has 0 aromatic heterocycles. The summed E-state index contributed by atoms with van der Waals surface area (Å²) in [6.45, 7) is 5.38. The summed E-state index contributed by atoms with van der Waals surface area (Å²) in [7, 11) is 1.37. The van der Waals surface area contributed by atoms with Gasteiger partial charge < -0.3 is 9.64 Å². The molecule has 2 aromatic rings. The number of ketones is 1. The number of hydrogen-bond acceptors (Lipinski definition) is 7. The quantitative estimate of drug-likeness (QED) is 0.376. The fourth-order valence-electron chi connectivity index (χ4n) is 5.50. The van der Waals surface area contributed by atoms with Crippen molar-refractivity contribution >= 4 is 35.0 Å². The van der Waals surface area contributed by atoms with Crippen LogP contribution in [0.3, 0.4) is 0 Å². The predicted molar refractivity (Wildman–Crippen MR) is 127 cm³/mol. The molecule has 9 heteroatoms. The number of amides is 2. The van der Waals surface area contributed by atoms with Gasteiger partial charge in [-0.05, 0) is 23.3 Å². The molecule has 0 unspecified atom stereocenters. The number of Topliss-reactive ketones (excluding diaryl/α,β-unsaturated/α-hetero) is 1. The molecule has 2 fully saturated rings. The molecular weight excluding hydrogens is 450 g/mol. The van der Waals surface area contributed by atoms with E-state index in [2.05, 4.69) is 0 Å². The largest absolute Gasteiger partial charge is 0.495 e. The fourth-order valence-corrected chi connectivity index (χ4v) is 5.50. The Morgan fingerprint density at radius 2 is 1.74 bits per heavy atom. The minimum Gasteiger partial charge on any atom is -0.495 e. The topological polar surface area (TPSA) is 110 Å². The van der Waals surface area contributed by atoms with Crippen molar-refractivity contribution in [3.8, 4) is 5.75 Å². The van der Waals surface area contributed by atoms with Crippen LogP contribution in [0, 0.1) is 27.4 Å². The van der Waals surface area contributed by atoms with Gasteiger partial charge in [0, 0.05) is 23.7 Å². The van der Waals surface area contributed by atoms with Crippen molar-refractivity contribution in [2.24, 2.45) is 17.3 Å². The number of rotatable bonds is 4. The molecular formula is C26H25N3O6. The van der Waals surface area contributed by atoms with Crippen molar-refractivity contribution in [1.82, 2.24) is 4.90 Å². The lowest BCUT2D eigenvalue weighted by molar-refractivity contribution is -0.384. The lowest BCUT2D eigenvalue weighted by Crippen LogP contribution is -2.47. The fraction of sp³-hybridized carbons (Fsp3) is 0.346. The zero-order chi connectivity index (χ0) is 25.2. The number of fused-ring (bicyclic) bond motifs is 5. The summed E-state index contributed by atoms with van der Waals surface area (Å²) in [5.74, 6) is -2.79. The molecule has 0 aliphatic carbocycles. The number of non-ortho nitro benzene ring substituents is 1. The van der Waals surface area contributed by atoms with Crippen LogP contribution in [-0.4, -0.2) is 40.6 Å². The van der Waals surface area contributed by atoms with E-state index in [0.717, 1.165) is 16.0 Å². The summed E-state index contributed by atoms with van der Waals surface area (Å²) in [6.07, 6.45) is 3.70. The van der Waals surface area contributed by atoms with Gasteiger partial charge in [0.15, 0.2) is 5.78 Å². The second-order valence-corrected chi connectivity index (χ2v) is 10.1. The van der Waals surface area contributed by atoms with Gasteiger partial charge in [-0.2, -0.15) is 0 Å². The SMILES string of the molecule is COc1ccc([N+](=O)[O-])cc1N1C(=O)[C@@H]2[C@H](C1=O)[C@H]1c3ccccc3C=CN1[C@@H]2C(=O)C(C)(C)C. The van der Waals surface area contributed by atoms with E-state index in [1.807, 2.05) is 35.2 Å². The van der Waals surface area contributed by atoms with E-state index in [-0.39, 0.29) is 22.9 Å². The highest BCUT2D eigenvalue weighted by molar-refractivity contribution is 6.25. The Kier molecular flexibility index (Phi) is 5.05. The zero-order valence-electron chi connectivity index (χ0n) is 19.8. The Labute approximate surface area is 202 Å². The Hall–Kier alpha value is -4.01. The Balaban J connectivity index is 1.69. The third kappa shape index (κ3) is 3.25. The van der Waals surface area contributed by atoms with E-state index in [4.69, 9.17) is 4.74 Å². The van der Waals surface area contributed by atoms with Gasteiger partial charge in [-0.15, -0.1) is 0 Å². The van der Waals surface area contributed by atoms with Crippen LogP contribution >= 0.6 is 0 Å². The zero-order valence-corrected chi connectivity index (χ0v) is 19.8. The molecule has 9 nitrogen and oxygen atoms in total. The molecule has 0 N–H and O–H groups in total. The molecule has 3 aliphatic heterocycles. The van der Waals surface area contributed by atoms with Crippen LogP contribution in [0.4, 0.5) is 11.4 Å². The Bertz CT molecular complexity index is 1310. The van der Waals surface area contributed by atoms with Crippen molar-refractivity contribution < 1.29 is 24.0 Å². The van der Waals surface area contributed by atoms with E-state index < -0.39 is 46.1 Å². The molecule has 2 amide bonds. The highest BCUT2D eigenvalue weighted by atomic mass is 16.6. The number of nitrogens with zero attached hydrogens (tertiary/aromatic N) is 3. The minimum absolute atomic E-state index is 0.0132. The average molecular weight is 476 g/mol. The van der Waals surface area contributed by atoms with Crippen LogP contribution in [-0.2, 0) is 14.4 Å². The van der Waals surface area contributed by atoms with Crippen molar-refractivity contribution in [3.05, 3.63) is 69.9 Å². The van der Waals surface area contributed by atoms with Crippen molar-refractivity contribution in [1.29, 1.82) is 0 Å². The molecule has 0 bridgehead atoms. The van der Waals surface area contributed by atoms with Gasteiger partial charge in [0.2, 0.25) is 11.8 Å². The summed E-state index contributed by atoms with van der Waals surface area (Å²) in [5, 5.41) is 11.4. The average Bonchev–Trinajstić information content (AvgIpc) is 3.30. The Morgan fingerprint density at radius 1 is 1.06 bits per heavy atom. The van der Waals surface area contributed by atoms with Crippen LogP contribution in [0.1, 0.15) is 37.9 Å². The van der Waals surface area contributed by atoms with Crippen LogP contribution in [0.2, 0.25) is 0 Å². The van der Waals surface area contributed by atoms with Crippen LogP contribution in [0.25, 0.3) is 6.08 Å². The number of nitro benzene ring substituents is 1. The first kappa shape index (κ1) is 22.8. The number of carbonyl (C=O) groups is 3. The minimum atomic E-state index is -0.931. The third-order valence-corrected chi connectivity index (χ3v) is 7.08. The van der Waals surface area contributed by atoms with Crippen molar-refractivity contribution in [2.75, 3.05) is 12.0 Å². The van der Waals surface area contributed by atoms with Crippen molar-refractivity contribution in [2.45, 2.75) is 32.9 Å². The lowest BCUT2D eigenvalue weighted by Gasteiger charge is -2.37. The van der Waals surface area contributed by atoms with Gasteiger partial charge in [0.25, 0.3) is 5.69 Å². The van der Waals surface area contributed by atoms with E-state index in [0.29, 0.717) is 0 Å². The number of imide groups is 1. The first-order valence-electron chi connectivity index (χ1n) is 11.4. The summed E-state index contributed by atoms with van der Waals surface area (Å²) >= 11 is 0. The number of ether oxygens (including phenoxy) is 1. The summed E-state index contributed by atoms with van der Waals surface area (Å²) < 4.78 is 5.35. The second kappa shape index (κ2) is 7.76. The summed E-state index contributed by atoms with van der Waals surface area (Å²) in [6, 6.07) is 10.0. The highest BCUT2D eigenvalue weighted by Crippen LogP contribution is 2.55. The smallest absolute Gasteiger partial charge is 0.271 e. The van der Waals surface area contributed by atoms with Crippen LogP contribution in [0.5, 0.6) is 5.75 Å². The predicted octanol–water partition coefficient (Wildman–Crippen LogP) is 3.73. The molecule has 3 heterocycles. The summed E-state index contributed by atoms with van der Waals surface area (Å²) in [4.78, 5) is 55.2. The molecule has 2 aromatic carbocycles. The normalized spacial score (nSPS) is 24.8. The number of methoxy groups -OCH3 is 1. The maximum Gasteiger partial charge on any atom is 0.271 e. The van der Waals surface area contributed by atoms with Gasteiger partial charge in [-0.1, -0.05) is 45.0 Å². The van der Waals surface area contributed by atoms with Gasteiger partial charge in [0.1, 0.15) is 17.5 Å². The van der Waals surface area contributed by atoms with E-state index in [9.17, 15) is 24.5 Å². The van der Waals surface area contributed by atoms with E-state index in [1.165, 1.54) is 25.3 Å². The lowest BCUT2D eigenvalue weighted by atomic mass is 9.79. The molecule has 3 aliphatic rings. The molecule has 180 valence electrons. The molecule has 0 saturated carbocycles. The Morgan fingerprint density at radius 3 is 2.40 bits per heavy atom. The molecule has 0 radical (unpaired) electrons. The third-order valence-electron chi connectivity index (χ3n) is 7.08. The standard InChI is InChI=1S/C26H25N3O6/c1-26(2,3)23(30)22-20-19(21-16-8-6-5-7-14(16)11-12-27(21)22)24(31)28(25(20)32)17-13-15(29(33)34)9-10-18(17)35-4/h5-13,19-22H,1-4H3/t19-,20+,21+,22-/m0/s1. The molecule has 2 saturated heterocycles.